The molecule has 0 fully saturated rings. The van der Waals surface area contributed by atoms with E-state index in [0.29, 0.717) is 5.95 Å². The maximum absolute atomic E-state index is 5.53. The minimum absolute atomic E-state index is 0.0946. The van der Waals surface area contributed by atoms with E-state index in [1.807, 2.05) is 0 Å². The van der Waals surface area contributed by atoms with Crippen molar-refractivity contribution >= 4 is 87.2 Å². The molecule has 100 heavy (non-hydrogen) atoms. The summed E-state index contributed by atoms with van der Waals surface area (Å²) in [7, 11) is 0. The summed E-state index contributed by atoms with van der Waals surface area (Å²) >= 11 is 0. The van der Waals surface area contributed by atoms with E-state index < -0.39 is 0 Å². The fraction of sp³-hybridized carbons (Fsp3) is 0.0638. The average molecular weight is 1280 g/mol. The second-order valence-electron chi connectivity index (χ2n) is 28.5. The number of aromatic nitrogens is 6. The third-order valence-electron chi connectivity index (χ3n) is 22.4. The summed E-state index contributed by atoms with van der Waals surface area (Å²) in [5.74, 6) is 0.616. The Hall–Kier alpha value is -12.6. The van der Waals surface area contributed by atoms with Crippen LogP contribution in [-0.4, -0.2) is 28.2 Å². The van der Waals surface area contributed by atoms with Crippen molar-refractivity contribution in [1.82, 2.24) is 28.2 Å². The van der Waals surface area contributed by atoms with Crippen LogP contribution in [0.4, 0.5) is 0 Å². The molecule has 2 aliphatic carbocycles. The molecule has 5 aromatic heterocycles. The highest BCUT2D eigenvalue weighted by Crippen LogP contribution is 2.52. The largest absolute Gasteiger partial charge is 0.309 e. The van der Waals surface area contributed by atoms with Crippen LogP contribution in [0.2, 0.25) is 0 Å². The van der Waals surface area contributed by atoms with Crippen LogP contribution in [-0.2, 0) is 10.8 Å². The molecule has 0 radical (unpaired) electrons. The van der Waals surface area contributed by atoms with Crippen molar-refractivity contribution in [1.29, 1.82) is 0 Å². The van der Waals surface area contributed by atoms with E-state index in [0.717, 1.165) is 72.2 Å². The van der Waals surface area contributed by atoms with Crippen LogP contribution in [0.1, 0.15) is 49.9 Å². The van der Waals surface area contributed by atoms with Crippen molar-refractivity contribution < 1.29 is 0 Å². The summed E-state index contributed by atoms with van der Waals surface area (Å²) < 4.78 is 9.57. The van der Waals surface area contributed by atoms with Gasteiger partial charge < -0.3 is 13.7 Å². The predicted octanol–water partition coefficient (Wildman–Crippen LogP) is 24.1. The molecule has 0 bridgehead atoms. The lowest BCUT2D eigenvalue weighted by molar-refractivity contribution is 0.660. The van der Waals surface area contributed by atoms with Gasteiger partial charge in [-0.1, -0.05) is 228 Å². The number of hydrogen-bond donors (Lipinski definition) is 0. The van der Waals surface area contributed by atoms with E-state index in [-0.39, 0.29) is 10.8 Å². The third-order valence-corrected chi connectivity index (χ3v) is 22.4. The van der Waals surface area contributed by atoms with Crippen LogP contribution in [0.3, 0.4) is 0 Å². The van der Waals surface area contributed by atoms with Gasteiger partial charge in [-0.3, -0.25) is 4.57 Å². The van der Waals surface area contributed by atoms with Gasteiger partial charge in [0.25, 0.3) is 0 Å². The van der Waals surface area contributed by atoms with Gasteiger partial charge in [-0.2, -0.15) is 0 Å². The van der Waals surface area contributed by atoms with E-state index in [2.05, 4.69) is 361 Å². The van der Waals surface area contributed by atoms with E-state index in [9.17, 15) is 0 Å². The Morgan fingerprint density at radius 1 is 0.210 bits per heavy atom. The van der Waals surface area contributed by atoms with E-state index in [4.69, 9.17) is 9.97 Å². The maximum Gasteiger partial charge on any atom is 0.235 e. The standard InChI is InChI=1S/C94H64N6/c1-93(2)78-28-14-8-22-66(78)68-44-42-64(54-80(68)93)98-85-31-17-11-25-71(85)75-51-60(37-47-89(75)98)59-36-46-88-74(50-59)70-24-10-16-30-84(70)97(88)63-40-34-58(35-41-63)83-56-82(57-20-6-5-7-21-57)95-92(96-83)100-87-33-19-13-27-73(87)77-53-62(39-49-91(77)100)61-38-48-90-76(52-61)72-26-12-18-32-86(72)99(90)65-43-45-69-67-23-9-15-29-79(67)94(3,4)81(69)55-65/h5-56H,1-4H3. The lowest BCUT2D eigenvalue weighted by atomic mass is 9.82. The smallest absolute Gasteiger partial charge is 0.235 e. The summed E-state index contributed by atoms with van der Waals surface area (Å²) in [4.78, 5) is 11.0. The molecule has 6 heteroatoms. The predicted molar refractivity (Wildman–Crippen MR) is 416 cm³/mol. The molecule has 0 unspecified atom stereocenters. The molecule has 0 saturated heterocycles. The summed E-state index contributed by atoms with van der Waals surface area (Å²) in [6.45, 7) is 9.44. The Morgan fingerprint density at radius 2 is 0.510 bits per heavy atom. The normalized spacial score (nSPS) is 13.6. The second-order valence-corrected chi connectivity index (χ2v) is 28.5. The first-order chi connectivity index (χ1) is 49.1. The summed E-state index contributed by atoms with van der Waals surface area (Å²) in [5, 5.41) is 9.64. The van der Waals surface area contributed by atoms with Gasteiger partial charge in [-0.15, -0.1) is 0 Å². The Bertz CT molecular complexity index is 6700. The van der Waals surface area contributed by atoms with Gasteiger partial charge >= 0.3 is 0 Å². The fourth-order valence-corrected chi connectivity index (χ4v) is 17.5. The monoisotopic (exact) mass is 1280 g/mol. The highest BCUT2D eigenvalue weighted by molar-refractivity contribution is 6.15. The fourth-order valence-electron chi connectivity index (χ4n) is 17.5. The molecule has 0 spiro atoms. The van der Waals surface area contributed by atoms with Gasteiger partial charge in [0.2, 0.25) is 5.95 Å². The number of rotatable bonds is 8. The Morgan fingerprint density at radius 3 is 0.930 bits per heavy atom. The average Bonchev–Trinajstić information content (AvgIpc) is 1.58. The first-order valence-electron chi connectivity index (χ1n) is 34.8. The Labute approximate surface area is 578 Å². The number of fused-ring (bicyclic) bond motifs is 18. The van der Waals surface area contributed by atoms with Crippen LogP contribution in [0.5, 0.6) is 0 Å². The quantitative estimate of drug-likeness (QED) is 0.152. The van der Waals surface area contributed by atoms with Crippen molar-refractivity contribution in [2.75, 3.05) is 0 Å². The maximum atomic E-state index is 5.53. The van der Waals surface area contributed by atoms with Crippen molar-refractivity contribution in [3.8, 4) is 90.0 Å². The van der Waals surface area contributed by atoms with Gasteiger partial charge in [0.05, 0.1) is 55.5 Å². The molecule has 470 valence electrons. The molecule has 0 N–H and O–H groups in total. The second kappa shape index (κ2) is 20.9. The van der Waals surface area contributed by atoms with Crippen molar-refractivity contribution in [3.05, 3.63) is 338 Å². The molecule has 0 saturated carbocycles. The molecule has 14 aromatic carbocycles. The molecular formula is C94H64N6. The SMILES string of the molecule is CC1(C)c2ccccc2-c2ccc(-n3c4ccccc4c4cc(-c5ccc6c(c5)c5ccccc5n6-c5ccc(-c6cc(-c7ccccc7)nc(-n7c8ccccc8c8cc(-c9ccc%10c(c9)c9ccccc9n%10-c9ccc%10c(c9)C(C)(C)c9ccccc9-%10)ccc87)n6)cc5)ccc43)cc21. The molecule has 0 aliphatic heterocycles. The van der Waals surface area contributed by atoms with Gasteiger partial charge in [-0.25, -0.2) is 9.97 Å². The number of benzene rings is 14. The van der Waals surface area contributed by atoms with Crippen molar-refractivity contribution in [2.45, 2.75) is 38.5 Å². The van der Waals surface area contributed by atoms with Crippen molar-refractivity contribution in [2.24, 2.45) is 0 Å². The zero-order valence-corrected chi connectivity index (χ0v) is 55.7. The summed E-state index contributed by atoms with van der Waals surface area (Å²) in [6.07, 6.45) is 0. The molecule has 2 aliphatic rings. The summed E-state index contributed by atoms with van der Waals surface area (Å²) in [5.41, 5.74) is 31.7. The van der Waals surface area contributed by atoms with Crippen LogP contribution in [0, 0.1) is 0 Å². The van der Waals surface area contributed by atoms with Crippen LogP contribution in [0.25, 0.3) is 177 Å². The zero-order valence-electron chi connectivity index (χ0n) is 55.7. The number of nitrogens with zero attached hydrogens (tertiary/aromatic N) is 6. The first-order valence-corrected chi connectivity index (χ1v) is 34.8. The lowest BCUT2D eigenvalue weighted by Crippen LogP contribution is -2.15. The van der Waals surface area contributed by atoms with Gasteiger partial charge in [-0.05, 0) is 182 Å². The van der Waals surface area contributed by atoms with Crippen LogP contribution >= 0.6 is 0 Å². The topological polar surface area (TPSA) is 45.5 Å². The Balaban J connectivity index is 0.635. The van der Waals surface area contributed by atoms with Gasteiger partial charge in [0.1, 0.15) is 0 Å². The van der Waals surface area contributed by atoms with E-state index in [1.165, 1.54) is 121 Å². The van der Waals surface area contributed by atoms with E-state index in [1.54, 1.807) is 0 Å². The molecule has 5 heterocycles. The van der Waals surface area contributed by atoms with Gasteiger partial charge in [0.15, 0.2) is 0 Å². The molecular weight excluding hydrogens is 1210 g/mol. The molecule has 0 amide bonds. The molecule has 6 nitrogen and oxygen atoms in total. The minimum Gasteiger partial charge on any atom is -0.309 e. The highest BCUT2D eigenvalue weighted by Gasteiger charge is 2.37. The number of hydrogen-bond acceptors (Lipinski definition) is 2. The molecule has 21 rings (SSSR count). The van der Waals surface area contributed by atoms with Gasteiger partial charge in [0, 0.05) is 82.1 Å². The van der Waals surface area contributed by atoms with Crippen LogP contribution in [0.15, 0.2) is 315 Å². The molecule has 0 atom stereocenters. The minimum atomic E-state index is -0.102. The van der Waals surface area contributed by atoms with Crippen molar-refractivity contribution in [3.63, 3.8) is 0 Å². The Kier molecular flexibility index (Phi) is 11.8. The van der Waals surface area contributed by atoms with E-state index >= 15 is 0 Å². The lowest BCUT2D eigenvalue weighted by Gasteiger charge is -2.22. The summed E-state index contributed by atoms with van der Waals surface area (Å²) in [6, 6.07) is 117. The number of para-hydroxylation sites is 4. The molecule has 19 aromatic rings. The van der Waals surface area contributed by atoms with Crippen LogP contribution < -0.4 is 0 Å². The first kappa shape index (κ1) is 56.5. The zero-order chi connectivity index (χ0) is 66.3. The highest BCUT2D eigenvalue weighted by atomic mass is 15.2. The third kappa shape index (κ3) is 8.13.